The quantitative estimate of drug-likeness (QED) is 0.686. The molecule has 2 aromatic rings. The van der Waals surface area contributed by atoms with Crippen LogP contribution in [0.1, 0.15) is 0 Å². The Morgan fingerprint density at radius 1 is 1.53 bits per heavy atom. The van der Waals surface area contributed by atoms with Crippen molar-refractivity contribution in [2.24, 2.45) is 17.9 Å². The average molecular weight is 222 g/mol. The summed E-state index contributed by atoms with van der Waals surface area (Å²) in [7, 11) is 1.89. The predicted octanol–water partition coefficient (Wildman–Crippen LogP) is 0.724. The topological polar surface area (TPSA) is 72.4 Å². The smallest absolute Gasteiger partial charge is 0.332 e. The van der Waals surface area contributed by atoms with Crippen molar-refractivity contribution < 1.29 is 4.79 Å². The highest BCUT2D eigenvalue weighted by Crippen LogP contribution is 2.14. The first-order valence-electron chi connectivity index (χ1n) is 4.32. The molecule has 0 radical (unpaired) electrons. The van der Waals surface area contributed by atoms with E-state index in [0.717, 1.165) is 10.2 Å². The number of nitrogens with zero attached hydrogens (tertiary/aromatic N) is 2. The molecule has 6 heteroatoms. The number of nitrogens with two attached hydrogens (primary N) is 1. The Labute approximate surface area is 89.8 Å². The second-order valence-corrected chi connectivity index (χ2v) is 4.01. The number of benzene rings is 1. The fraction of sp³-hybridized carbons (Fsp3) is 0.111. The molecule has 2 rings (SSSR count). The molecule has 0 aliphatic heterocycles. The third-order valence-corrected chi connectivity index (χ3v) is 3.09. The number of aromatic nitrogens is 1. The van der Waals surface area contributed by atoms with Gasteiger partial charge in [0.15, 0.2) is 0 Å². The van der Waals surface area contributed by atoms with E-state index < -0.39 is 6.03 Å². The Kier molecular flexibility index (Phi) is 2.42. The molecule has 2 amide bonds. The van der Waals surface area contributed by atoms with E-state index in [2.05, 4.69) is 10.5 Å². The van der Waals surface area contributed by atoms with Crippen molar-refractivity contribution in [3.8, 4) is 0 Å². The largest absolute Gasteiger partial charge is 0.350 e. The van der Waals surface area contributed by atoms with Crippen molar-refractivity contribution in [3.05, 3.63) is 29.1 Å². The van der Waals surface area contributed by atoms with Crippen LogP contribution < -0.4 is 16.0 Å². The van der Waals surface area contributed by atoms with Crippen LogP contribution in [0.5, 0.6) is 0 Å². The van der Waals surface area contributed by atoms with Gasteiger partial charge in [0.2, 0.25) is 4.80 Å². The molecule has 3 N–H and O–H groups in total. The van der Waals surface area contributed by atoms with Gasteiger partial charge in [-0.2, -0.15) is 0 Å². The van der Waals surface area contributed by atoms with Gasteiger partial charge in [0.1, 0.15) is 0 Å². The van der Waals surface area contributed by atoms with Crippen LogP contribution >= 0.6 is 11.3 Å². The number of fused-ring (bicyclic) bond motifs is 1. The summed E-state index contributed by atoms with van der Waals surface area (Å²) in [5.74, 6) is 0. The van der Waals surface area contributed by atoms with E-state index in [1.54, 1.807) is 0 Å². The Hall–Kier alpha value is -1.82. The van der Waals surface area contributed by atoms with Crippen LogP contribution in [0, 0.1) is 0 Å². The summed E-state index contributed by atoms with van der Waals surface area (Å²) in [5.41, 5.74) is 8.23. The van der Waals surface area contributed by atoms with E-state index in [-0.39, 0.29) is 0 Å². The van der Waals surface area contributed by atoms with Crippen molar-refractivity contribution in [1.29, 1.82) is 0 Å². The molecule has 15 heavy (non-hydrogen) atoms. The molecule has 5 nitrogen and oxygen atoms in total. The van der Waals surface area contributed by atoms with Crippen LogP contribution in [0.15, 0.2) is 29.4 Å². The first-order chi connectivity index (χ1) is 7.18. The highest BCUT2D eigenvalue weighted by Gasteiger charge is 2.00. The molecule has 0 aliphatic carbocycles. The van der Waals surface area contributed by atoms with Gasteiger partial charge in [-0.1, -0.05) is 23.5 Å². The maximum Gasteiger partial charge on any atom is 0.332 e. The molecule has 0 saturated heterocycles. The summed E-state index contributed by atoms with van der Waals surface area (Å²) < 4.78 is 3.01. The van der Waals surface area contributed by atoms with Gasteiger partial charge in [0.05, 0.1) is 10.2 Å². The van der Waals surface area contributed by atoms with E-state index in [0.29, 0.717) is 4.80 Å². The molecular weight excluding hydrogens is 212 g/mol. The minimum absolute atomic E-state index is 0.660. The number of carbonyl (C=O) groups is 1. The fourth-order valence-electron chi connectivity index (χ4n) is 1.29. The van der Waals surface area contributed by atoms with Crippen LogP contribution in [0.2, 0.25) is 0 Å². The number of thiazole rings is 1. The highest BCUT2D eigenvalue weighted by molar-refractivity contribution is 7.16. The number of rotatable bonds is 1. The number of primary amides is 1. The lowest BCUT2D eigenvalue weighted by Crippen LogP contribution is -2.27. The average Bonchev–Trinajstić information content (AvgIpc) is 2.54. The predicted molar refractivity (Wildman–Crippen MR) is 59.1 cm³/mol. The van der Waals surface area contributed by atoms with Crippen LogP contribution in [0.25, 0.3) is 10.2 Å². The SMILES string of the molecule is Cn1c(=NNC(N)=O)sc2ccccc21. The number of hydrogen-bond acceptors (Lipinski definition) is 3. The molecule has 0 aliphatic rings. The second kappa shape index (κ2) is 3.74. The van der Waals surface area contributed by atoms with Gasteiger partial charge < -0.3 is 10.3 Å². The summed E-state index contributed by atoms with van der Waals surface area (Å²) >= 11 is 1.49. The molecule has 0 atom stereocenters. The number of hydrogen-bond donors (Lipinski definition) is 2. The lowest BCUT2D eigenvalue weighted by atomic mass is 10.3. The zero-order chi connectivity index (χ0) is 10.8. The molecule has 1 heterocycles. The zero-order valence-corrected chi connectivity index (χ0v) is 8.91. The molecule has 0 saturated carbocycles. The molecule has 78 valence electrons. The van der Waals surface area contributed by atoms with Gasteiger partial charge in [-0.15, -0.1) is 5.10 Å². The van der Waals surface area contributed by atoms with Crippen molar-refractivity contribution >= 4 is 27.6 Å². The van der Waals surface area contributed by atoms with Crippen LogP contribution in [0.4, 0.5) is 4.79 Å². The van der Waals surface area contributed by atoms with Crippen LogP contribution in [0.3, 0.4) is 0 Å². The van der Waals surface area contributed by atoms with Gasteiger partial charge >= 0.3 is 6.03 Å². The van der Waals surface area contributed by atoms with E-state index in [1.165, 1.54) is 11.3 Å². The summed E-state index contributed by atoms with van der Waals surface area (Å²) in [6.07, 6.45) is 0. The molecule has 0 bridgehead atoms. The molecular formula is C9H10N4OS. The maximum absolute atomic E-state index is 10.5. The van der Waals surface area contributed by atoms with Crippen LogP contribution in [-0.4, -0.2) is 10.6 Å². The van der Waals surface area contributed by atoms with Gasteiger partial charge in [-0.25, -0.2) is 10.2 Å². The zero-order valence-electron chi connectivity index (χ0n) is 8.10. The Bertz CT molecular complexity index is 569. The molecule has 0 spiro atoms. The lowest BCUT2D eigenvalue weighted by Gasteiger charge is -1.94. The Balaban J connectivity index is 2.58. The van der Waals surface area contributed by atoms with Crippen molar-refractivity contribution in [3.63, 3.8) is 0 Å². The molecule has 1 aromatic heterocycles. The first-order valence-corrected chi connectivity index (χ1v) is 5.14. The summed E-state index contributed by atoms with van der Waals surface area (Å²) in [5, 5.41) is 3.90. The van der Waals surface area contributed by atoms with Gasteiger partial charge in [-0.3, -0.25) is 0 Å². The summed E-state index contributed by atoms with van der Waals surface area (Å²) in [6, 6.07) is 7.26. The first kappa shape index (κ1) is 9.72. The van der Waals surface area contributed by atoms with Crippen molar-refractivity contribution in [2.45, 2.75) is 0 Å². The van der Waals surface area contributed by atoms with Gasteiger partial charge in [0.25, 0.3) is 0 Å². The Morgan fingerprint density at radius 2 is 2.27 bits per heavy atom. The number of amides is 2. The highest BCUT2D eigenvalue weighted by atomic mass is 32.1. The molecule has 1 aromatic carbocycles. The normalized spacial score (nSPS) is 11.9. The van der Waals surface area contributed by atoms with Crippen molar-refractivity contribution in [1.82, 2.24) is 9.99 Å². The van der Waals surface area contributed by atoms with E-state index >= 15 is 0 Å². The van der Waals surface area contributed by atoms with E-state index in [1.807, 2.05) is 35.9 Å². The third-order valence-electron chi connectivity index (χ3n) is 1.98. The summed E-state index contributed by atoms with van der Waals surface area (Å²) in [4.78, 5) is 11.2. The number of carbonyl (C=O) groups excluding carboxylic acids is 1. The minimum Gasteiger partial charge on any atom is -0.350 e. The maximum atomic E-state index is 10.5. The monoisotopic (exact) mass is 222 g/mol. The lowest BCUT2D eigenvalue weighted by molar-refractivity contribution is 0.249. The molecule has 0 fully saturated rings. The number of nitrogens with one attached hydrogen (secondary N) is 1. The van der Waals surface area contributed by atoms with Crippen LogP contribution in [-0.2, 0) is 7.05 Å². The van der Waals surface area contributed by atoms with Crippen molar-refractivity contribution in [2.75, 3.05) is 0 Å². The minimum atomic E-state index is -0.660. The number of aryl methyl sites for hydroxylation is 1. The fourth-order valence-corrected chi connectivity index (χ4v) is 2.27. The number of para-hydroxylation sites is 1. The number of urea groups is 1. The molecule has 0 unspecified atom stereocenters. The second-order valence-electron chi connectivity index (χ2n) is 3.00. The summed E-state index contributed by atoms with van der Waals surface area (Å²) in [6.45, 7) is 0. The third kappa shape index (κ3) is 1.84. The van der Waals surface area contributed by atoms with Gasteiger partial charge in [0, 0.05) is 7.05 Å². The van der Waals surface area contributed by atoms with E-state index in [4.69, 9.17) is 5.73 Å². The van der Waals surface area contributed by atoms with E-state index in [9.17, 15) is 4.79 Å². The Morgan fingerprint density at radius 3 is 2.93 bits per heavy atom. The van der Waals surface area contributed by atoms with Gasteiger partial charge in [-0.05, 0) is 12.1 Å². The standard InChI is InChI=1S/C9H10N4OS/c1-13-6-4-2-3-5-7(6)15-9(13)12-11-8(10)14/h2-5H,1H3,(H3,10,11,14).